The zero-order valence-electron chi connectivity index (χ0n) is 27.2. The molecular formula is C40H46N4O3. The van der Waals surface area contributed by atoms with E-state index in [9.17, 15) is 9.59 Å². The Hall–Kier alpha value is -4.46. The molecule has 4 aromatic rings. The highest BCUT2D eigenvalue weighted by molar-refractivity contribution is 6.03. The van der Waals surface area contributed by atoms with Crippen LogP contribution >= 0.6 is 0 Å². The van der Waals surface area contributed by atoms with Crippen LogP contribution in [0.3, 0.4) is 0 Å². The van der Waals surface area contributed by atoms with Gasteiger partial charge in [0.15, 0.2) is 0 Å². The lowest BCUT2D eigenvalue weighted by Crippen LogP contribution is -2.38. The molecular weight excluding hydrogens is 584 g/mol. The highest BCUT2D eigenvalue weighted by Gasteiger charge is 2.26. The molecule has 2 amide bonds. The van der Waals surface area contributed by atoms with E-state index >= 15 is 0 Å². The van der Waals surface area contributed by atoms with E-state index in [1.165, 1.54) is 5.56 Å². The van der Waals surface area contributed by atoms with Gasteiger partial charge < -0.3 is 20.3 Å². The van der Waals surface area contributed by atoms with Gasteiger partial charge in [-0.1, -0.05) is 91.0 Å². The monoisotopic (exact) mass is 630 g/mol. The number of morpholine rings is 1. The Kier molecular flexibility index (Phi) is 11.3. The van der Waals surface area contributed by atoms with Crippen LogP contribution in [0.4, 0.5) is 11.4 Å². The van der Waals surface area contributed by atoms with Crippen LogP contribution in [-0.2, 0) is 16.0 Å². The molecule has 7 nitrogen and oxygen atoms in total. The summed E-state index contributed by atoms with van der Waals surface area (Å²) in [6.07, 6.45) is 4.10. The highest BCUT2D eigenvalue weighted by Crippen LogP contribution is 2.32. The van der Waals surface area contributed by atoms with Crippen LogP contribution in [0.2, 0.25) is 0 Å². The fraction of sp³-hybridized carbons (Fsp3) is 0.350. The Labute approximate surface area is 278 Å². The number of carbonyl (C=O) groups is 2. The molecule has 0 aromatic heterocycles. The van der Waals surface area contributed by atoms with Gasteiger partial charge in [0, 0.05) is 44.1 Å². The number of ether oxygens (including phenoxy) is 1. The highest BCUT2D eigenvalue weighted by atomic mass is 16.5. The SMILES string of the molecule is O=C(NCCCN1CCOCC1)c1cc(NC(=O)C(c2ccccc2)c2ccccc2)ccc1N1CCC(Cc2ccccc2)CC1. The number of piperidine rings is 1. The second-order valence-corrected chi connectivity index (χ2v) is 12.7. The zero-order valence-corrected chi connectivity index (χ0v) is 27.2. The van der Waals surface area contributed by atoms with E-state index in [0.717, 1.165) is 88.4 Å². The number of anilines is 2. The molecule has 0 radical (unpaired) electrons. The molecule has 244 valence electrons. The van der Waals surface area contributed by atoms with Gasteiger partial charge in [0.2, 0.25) is 5.91 Å². The first-order chi connectivity index (χ1) is 23.1. The van der Waals surface area contributed by atoms with Crippen LogP contribution in [0.5, 0.6) is 0 Å². The van der Waals surface area contributed by atoms with Crippen molar-refractivity contribution in [1.82, 2.24) is 10.2 Å². The molecule has 2 saturated heterocycles. The average Bonchev–Trinajstić information content (AvgIpc) is 3.12. The van der Waals surface area contributed by atoms with Gasteiger partial charge >= 0.3 is 0 Å². The van der Waals surface area contributed by atoms with Gasteiger partial charge in [-0.05, 0) is 73.0 Å². The Bertz CT molecular complexity index is 1530. The Morgan fingerprint density at radius 1 is 0.766 bits per heavy atom. The van der Waals surface area contributed by atoms with Gasteiger partial charge in [-0.15, -0.1) is 0 Å². The summed E-state index contributed by atoms with van der Waals surface area (Å²) in [4.78, 5) is 32.4. The lowest BCUT2D eigenvalue weighted by atomic mass is 9.89. The molecule has 0 bridgehead atoms. The topological polar surface area (TPSA) is 73.9 Å². The summed E-state index contributed by atoms with van der Waals surface area (Å²) in [5.74, 6) is -0.0864. The number of benzene rings is 4. The maximum atomic E-state index is 13.9. The van der Waals surface area contributed by atoms with Crippen molar-refractivity contribution < 1.29 is 14.3 Å². The van der Waals surface area contributed by atoms with Gasteiger partial charge in [0.1, 0.15) is 0 Å². The predicted molar refractivity (Wildman–Crippen MR) is 189 cm³/mol. The lowest BCUT2D eigenvalue weighted by Gasteiger charge is -2.35. The smallest absolute Gasteiger partial charge is 0.253 e. The van der Waals surface area contributed by atoms with E-state index < -0.39 is 5.92 Å². The molecule has 4 aromatic carbocycles. The van der Waals surface area contributed by atoms with Crippen molar-refractivity contribution in [2.24, 2.45) is 5.92 Å². The summed E-state index contributed by atoms with van der Waals surface area (Å²) in [6, 6.07) is 36.2. The quantitative estimate of drug-likeness (QED) is 0.178. The van der Waals surface area contributed by atoms with Gasteiger partial charge in [-0.3, -0.25) is 14.5 Å². The molecule has 2 heterocycles. The van der Waals surface area contributed by atoms with Gasteiger partial charge in [0.25, 0.3) is 5.91 Å². The molecule has 7 heteroatoms. The molecule has 0 aliphatic carbocycles. The Balaban J connectivity index is 1.18. The number of nitrogens with zero attached hydrogens (tertiary/aromatic N) is 2. The third kappa shape index (κ3) is 8.88. The van der Waals surface area contributed by atoms with Gasteiger partial charge in [-0.25, -0.2) is 0 Å². The summed E-state index contributed by atoms with van der Waals surface area (Å²) in [5.41, 5.74) is 5.37. The average molecular weight is 631 g/mol. The summed E-state index contributed by atoms with van der Waals surface area (Å²) < 4.78 is 5.47. The summed E-state index contributed by atoms with van der Waals surface area (Å²) in [6.45, 7) is 6.73. The van der Waals surface area contributed by atoms with E-state index in [1.54, 1.807) is 0 Å². The van der Waals surface area contributed by atoms with Crippen molar-refractivity contribution in [3.8, 4) is 0 Å². The molecule has 0 unspecified atom stereocenters. The molecule has 0 spiro atoms. The van der Waals surface area contributed by atoms with E-state index in [2.05, 4.69) is 50.8 Å². The van der Waals surface area contributed by atoms with Crippen LogP contribution in [0.15, 0.2) is 109 Å². The standard InChI is InChI=1S/C40H46N4O3/c45-39(41-21-10-22-43-25-27-47-28-26-43)36-30-35(42-40(46)38(33-13-6-2-7-14-33)34-15-8-3-9-16-34)17-18-37(36)44-23-19-32(20-24-44)29-31-11-4-1-5-12-31/h1-9,11-18,30,32,38H,10,19-29H2,(H,41,45)(H,42,46). The summed E-state index contributed by atoms with van der Waals surface area (Å²) in [7, 11) is 0. The predicted octanol–water partition coefficient (Wildman–Crippen LogP) is 6.37. The molecule has 2 aliphatic rings. The van der Waals surface area contributed by atoms with Gasteiger partial charge in [0.05, 0.1) is 24.7 Å². The molecule has 2 fully saturated rings. The second-order valence-electron chi connectivity index (χ2n) is 12.7. The second kappa shape index (κ2) is 16.4. The minimum Gasteiger partial charge on any atom is -0.379 e. The van der Waals surface area contributed by atoms with Gasteiger partial charge in [-0.2, -0.15) is 0 Å². The number of amides is 2. The van der Waals surface area contributed by atoms with Crippen LogP contribution in [0.1, 0.15) is 52.2 Å². The number of hydrogen-bond acceptors (Lipinski definition) is 5. The Morgan fingerprint density at radius 2 is 1.38 bits per heavy atom. The minimum atomic E-state index is -0.474. The molecule has 2 N–H and O–H groups in total. The summed E-state index contributed by atoms with van der Waals surface area (Å²) >= 11 is 0. The van der Waals surface area contributed by atoms with Crippen molar-refractivity contribution in [2.75, 3.05) is 62.7 Å². The fourth-order valence-corrected chi connectivity index (χ4v) is 6.82. The first-order valence-electron chi connectivity index (χ1n) is 17.1. The van der Waals surface area contributed by atoms with E-state index in [0.29, 0.717) is 23.7 Å². The lowest BCUT2D eigenvalue weighted by molar-refractivity contribution is -0.116. The van der Waals surface area contributed by atoms with E-state index in [1.807, 2.05) is 78.9 Å². The van der Waals surface area contributed by atoms with Crippen LogP contribution < -0.4 is 15.5 Å². The van der Waals surface area contributed by atoms with Crippen molar-refractivity contribution in [2.45, 2.75) is 31.6 Å². The number of hydrogen-bond donors (Lipinski definition) is 2. The number of nitrogens with one attached hydrogen (secondary N) is 2. The first-order valence-corrected chi connectivity index (χ1v) is 17.1. The van der Waals surface area contributed by atoms with Crippen molar-refractivity contribution in [3.05, 3.63) is 131 Å². The van der Waals surface area contributed by atoms with Crippen molar-refractivity contribution in [1.29, 1.82) is 0 Å². The van der Waals surface area contributed by atoms with Crippen LogP contribution in [0.25, 0.3) is 0 Å². The van der Waals surface area contributed by atoms with E-state index in [4.69, 9.17) is 4.74 Å². The maximum absolute atomic E-state index is 13.9. The van der Waals surface area contributed by atoms with E-state index in [-0.39, 0.29) is 11.8 Å². The molecule has 6 rings (SSSR count). The molecule has 47 heavy (non-hydrogen) atoms. The van der Waals surface area contributed by atoms with Crippen molar-refractivity contribution in [3.63, 3.8) is 0 Å². The zero-order chi connectivity index (χ0) is 32.3. The maximum Gasteiger partial charge on any atom is 0.253 e. The number of rotatable bonds is 12. The molecule has 0 atom stereocenters. The largest absolute Gasteiger partial charge is 0.379 e. The molecule has 0 saturated carbocycles. The summed E-state index contributed by atoms with van der Waals surface area (Å²) in [5, 5.41) is 6.33. The third-order valence-corrected chi connectivity index (χ3v) is 9.40. The Morgan fingerprint density at radius 3 is 2.02 bits per heavy atom. The van der Waals surface area contributed by atoms with Crippen molar-refractivity contribution >= 4 is 23.2 Å². The molecule has 2 aliphatic heterocycles. The van der Waals surface area contributed by atoms with Crippen LogP contribution in [-0.4, -0.2) is 69.2 Å². The van der Waals surface area contributed by atoms with Crippen LogP contribution in [0, 0.1) is 5.92 Å². The fourth-order valence-electron chi connectivity index (χ4n) is 6.82. The first kappa shape index (κ1) is 32.5. The number of carbonyl (C=O) groups excluding carboxylic acids is 2. The minimum absolute atomic E-state index is 0.104. The normalized spacial score (nSPS) is 15.8. The third-order valence-electron chi connectivity index (χ3n) is 9.40.